The van der Waals surface area contributed by atoms with Crippen LogP contribution in [0.3, 0.4) is 0 Å². The average molecular weight is 251 g/mol. The summed E-state index contributed by atoms with van der Waals surface area (Å²) in [7, 11) is 3.33. The minimum atomic E-state index is -0.491. The van der Waals surface area contributed by atoms with Gasteiger partial charge in [-0.2, -0.15) is 0 Å². The molecule has 0 saturated heterocycles. The molecule has 1 N–H and O–H groups in total. The smallest absolute Gasteiger partial charge is 0.305 e. The van der Waals surface area contributed by atoms with Crippen LogP contribution in [-0.4, -0.2) is 43.2 Å². The van der Waals surface area contributed by atoms with E-state index in [4.69, 9.17) is 0 Å². The van der Waals surface area contributed by atoms with Gasteiger partial charge in [-0.25, -0.2) is 0 Å². The number of aliphatic hydroxyl groups is 1. The van der Waals surface area contributed by atoms with Crippen LogP contribution in [0.4, 0.5) is 0 Å². The van der Waals surface area contributed by atoms with Crippen LogP contribution in [0.2, 0.25) is 0 Å². The molecule has 0 amide bonds. The lowest BCUT2D eigenvalue weighted by Gasteiger charge is -2.20. The van der Waals surface area contributed by atoms with Gasteiger partial charge in [-0.05, 0) is 25.6 Å². The molecule has 0 bridgehead atoms. The third kappa shape index (κ3) is 5.29. The van der Waals surface area contributed by atoms with Crippen molar-refractivity contribution >= 4 is 5.97 Å². The number of methoxy groups -OCH3 is 1. The lowest BCUT2D eigenvalue weighted by Crippen LogP contribution is -2.26. The molecule has 0 spiro atoms. The summed E-state index contributed by atoms with van der Waals surface area (Å²) in [4.78, 5) is 13.0. The maximum absolute atomic E-state index is 10.9. The van der Waals surface area contributed by atoms with E-state index >= 15 is 0 Å². The maximum atomic E-state index is 10.9. The molecule has 0 saturated carbocycles. The number of likely N-dealkylation sites (N-methyl/N-ethyl adjacent to an activating group) is 1. The molecule has 1 unspecified atom stereocenters. The Bertz CT molecular complexity index is 353. The van der Waals surface area contributed by atoms with Crippen LogP contribution in [0.5, 0.6) is 0 Å². The summed E-state index contributed by atoms with van der Waals surface area (Å²) in [5.41, 5.74) is 0.914. The molecule has 1 atom stereocenters. The first kappa shape index (κ1) is 14.7. The minimum Gasteiger partial charge on any atom is -0.469 e. The Morgan fingerprint density at radius 3 is 2.67 bits per heavy atom. The van der Waals surface area contributed by atoms with Crippen LogP contribution < -0.4 is 0 Å². The van der Waals surface area contributed by atoms with E-state index in [1.165, 1.54) is 7.11 Å². The summed E-state index contributed by atoms with van der Waals surface area (Å²) in [6.07, 6.45) is 0.668. The molecule has 0 aliphatic rings. The summed E-state index contributed by atoms with van der Waals surface area (Å²) < 4.78 is 4.58. The molecule has 0 radical (unpaired) electrons. The van der Waals surface area contributed by atoms with Gasteiger partial charge in [-0.15, -0.1) is 0 Å². The fourth-order valence-corrected chi connectivity index (χ4v) is 1.76. The number of carbonyl (C=O) groups excluding carboxylic acids is 1. The Labute approximate surface area is 108 Å². The van der Waals surface area contributed by atoms with E-state index in [-0.39, 0.29) is 5.97 Å². The lowest BCUT2D eigenvalue weighted by atomic mass is 10.1. The number of nitrogens with zero attached hydrogens (tertiary/aromatic N) is 1. The molecule has 0 aliphatic heterocycles. The van der Waals surface area contributed by atoms with Crippen molar-refractivity contribution in [3.8, 4) is 0 Å². The van der Waals surface area contributed by atoms with Crippen LogP contribution in [0.1, 0.15) is 24.5 Å². The standard InChI is InChI=1S/C14H21NO3/c1-15(10-6-9-14(17)18-2)11-13(16)12-7-4-3-5-8-12/h3-5,7-8,13,16H,6,9-11H2,1-2H3. The Balaban J connectivity index is 2.27. The highest BCUT2D eigenvalue weighted by atomic mass is 16.5. The number of carbonyl (C=O) groups is 1. The van der Waals surface area contributed by atoms with Gasteiger partial charge in [-0.1, -0.05) is 30.3 Å². The van der Waals surface area contributed by atoms with Gasteiger partial charge in [-0.3, -0.25) is 4.79 Å². The van der Waals surface area contributed by atoms with Gasteiger partial charge in [0.05, 0.1) is 13.2 Å². The van der Waals surface area contributed by atoms with Crippen molar-refractivity contribution in [2.75, 3.05) is 27.2 Å². The van der Waals surface area contributed by atoms with E-state index in [0.29, 0.717) is 13.0 Å². The number of benzene rings is 1. The van der Waals surface area contributed by atoms with Gasteiger partial charge in [0.1, 0.15) is 0 Å². The molecule has 18 heavy (non-hydrogen) atoms. The number of hydrogen-bond donors (Lipinski definition) is 1. The van der Waals surface area contributed by atoms with Crippen molar-refractivity contribution in [3.63, 3.8) is 0 Å². The number of hydrogen-bond acceptors (Lipinski definition) is 4. The highest BCUT2D eigenvalue weighted by Gasteiger charge is 2.10. The fourth-order valence-electron chi connectivity index (χ4n) is 1.76. The van der Waals surface area contributed by atoms with Gasteiger partial charge in [0.25, 0.3) is 0 Å². The average Bonchev–Trinajstić information content (AvgIpc) is 2.39. The molecular formula is C14H21NO3. The SMILES string of the molecule is COC(=O)CCCN(C)CC(O)c1ccccc1. The van der Waals surface area contributed by atoms with Crippen molar-refractivity contribution in [1.29, 1.82) is 0 Å². The Hall–Kier alpha value is -1.39. The first-order valence-electron chi connectivity index (χ1n) is 6.12. The Kier molecular flexibility index (Phi) is 6.39. The Morgan fingerprint density at radius 1 is 1.39 bits per heavy atom. The number of rotatable bonds is 7. The normalized spacial score (nSPS) is 12.4. The molecule has 0 aliphatic carbocycles. The third-order valence-electron chi connectivity index (χ3n) is 2.82. The van der Waals surface area contributed by atoms with E-state index in [1.54, 1.807) is 0 Å². The zero-order chi connectivity index (χ0) is 13.4. The molecular weight excluding hydrogens is 230 g/mol. The zero-order valence-corrected chi connectivity index (χ0v) is 11.0. The summed E-state index contributed by atoms with van der Waals surface area (Å²) >= 11 is 0. The van der Waals surface area contributed by atoms with Crippen molar-refractivity contribution in [1.82, 2.24) is 4.90 Å². The lowest BCUT2D eigenvalue weighted by molar-refractivity contribution is -0.140. The molecule has 1 rings (SSSR count). The van der Waals surface area contributed by atoms with Gasteiger partial charge in [0.15, 0.2) is 0 Å². The summed E-state index contributed by atoms with van der Waals surface area (Å²) in [6, 6.07) is 9.57. The van der Waals surface area contributed by atoms with Crippen LogP contribution in [0, 0.1) is 0 Å². The molecule has 1 aromatic carbocycles. The molecule has 1 aromatic rings. The largest absolute Gasteiger partial charge is 0.469 e. The molecule has 4 nitrogen and oxygen atoms in total. The van der Waals surface area contributed by atoms with Gasteiger partial charge in [0.2, 0.25) is 0 Å². The van der Waals surface area contributed by atoms with Crippen molar-refractivity contribution in [2.24, 2.45) is 0 Å². The minimum absolute atomic E-state index is 0.188. The summed E-state index contributed by atoms with van der Waals surface area (Å²) in [6.45, 7) is 1.32. The van der Waals surface area contributed by atoms with E-state index < -0.39 is 6.10 Å². The Morgan fingerprint density at radius 2 is 2.06 bits per heavy atom. The summed E-state index contributed by atoms with van der Waals surface area (Å²) in [5.74, 6) is -0.188. The predicted octanol–water partition coefficient (Wildman–Crippen LogP) is 1.60. The second-order valence-corrected chi connectivity index (χ2v) is 4.37. The van der Waals surface area contributed by atoms with Gasteiger partial charge < -0.3 is 14.7 Å². The van der Waals surface area contributed by atoms with E-state index in [2.05, 4.69) is 4.74 Å². The van der Waals surface area contributed by atoms with Gasteiger partial charge >= 0.3 is 5.97 Å². The molecule has 4 heteroatoms. The second kappa shape index (κ2) is 7.84. The molecule has 100 valence electrons. The van der Waals surface area contributed by atoms with Gasteiger partial charge in [0, 0.05) is 13.0 Å². The quantitative estimate of drug-likeness (QED) is 0.748. The maximum Gasteiger partial charge on any atom is 0.305 e. The van der Waals surface area contributed by atoms with E-state index in [0.717, 1.165) is 18.5 Å². The van der Waals surface area contributed by atoms with Crippen LogP contribution in [0.15, 0.2) is 30.3 Å². The van der Waals surface area contributed by atoms with E-state index in [1.807, 2.05) is 42.3 Å². The third-order valence-corrected chi connectivity index (χ3v) is 2.82. The zero-order valence-electron chi connectivity index (χ0n) is 11.0. The van der Waals surface area contributed by atoms with Crippen molar-refractivity contribution in [2.45, 2.75) is 18.9 Å². The highest BCUT2D eigenvalue weighted by Crippen LogP contribution is 2.13. The number of ether oxygens (including phenoxy) is 1. The van der Waals surface area contributed by atoms with Crippen molar-refractivity contribution in [3.05, 3.63) is 35.9 Å². The molecule has 0 aromatic heterocycles. The molecule has 0 fully saturated rings. The number of esters is 1. The topological polar surface area (TPSA) is 49.8 Å². The van der Waals surface area contributed by atoms with Crippen LogP contribution in [0.25, 0.3) is 0 Å². The fraction of sp³-hybridized carbons (Fsp3) is 0.500. The van der Waals surface area contributed by atoms with E-state index in [9.17, 15) is 9.90 Å². The van der Waals surface area contributed by atoms with Crippen molar-refractivity contribution < 1.29 is 14.6 Å². The monoisotopic (exact) mass is 251 g/mol. The number of aliphatic hydroxyl groups excluding tert-OH is 1. The molecule has 0 heterocycles. The summed E-state index contributed by atoms with van der Waals surface area (Å²) in [5, 5.41) is 10.0. The first-order valence-corrected chi connectivity index (χ1v) is 6.12. The van der Waals surface area contributed by atoms with Crippen LogP contribution >= 0.6 is 0 Å². The predicted molar refractivity (Wildman–Crippen MR) is 70.1 cm³/mol. The second-order valence-electron chi connectivity index (χ2n) is 4.37. The first-order chi connectivity index (χ1) is 8.63. The highest BCUT2D eigenvalue weighted by molar-refractivity contribution is 5.69. The van der Waals surface area contributed by atoms with Crippen LogP contribution in [-0.2, 0) is 9.53 Å².